The highest BCUT2D eigenvalue weighted by Gasteiger charge is 2.13. The predicted octanol–water partition coefficient (Wildman–Crippen LogP) is 4.22. The number of nitrogens with zero attached hydrogens (tertiary/aromatic N) is 1. The topological polar surface area (TPSA) is 95.2 Å². The number of hydrazone groups is 1. The van der Waals surface area contributed by atoms with E-state index in [0.717, 1.165) is 5.75 Å². The molecule has 2 aromatic rings. The van der Waals surface area contributed by atoms with E-state index in [1.807, 2.05) is 12.1 Å². The van der Waals surface area contributed by atoms with Crippen LogP contribution in [0, 0.1) is 0 Å². The van der Waals surface area contributed by atoms with E-state index >= 15 is 0 Å². The molecule has 0 aliphatic rings. The van der Waals surface area contributed by atoms with E-state index in [0.29, 0.717) is 34.7 Å². The maximum absolute atomic E-state index is 10.7. The normalized spacial score (nSPS) is 11.3. The van der Waals surface area contributed by atoms with Gasteiger partial charge < -0.3 is 19.9 Å². The van der Waals surface area contributed by atoms with Crippen LogP contribution < -0.4 is 25.4 Å². The summed E-state index contributed by atoms with van der Waals surface area (Å²) in [4.78, 5) is 10.7. The van der Waals surface area contributed by atoms with Gasteiger partial charge in [-0.05, 0) is 56.7 Å². The summed E-state index contributed by atoms with van der Waals surface area (Å²) in [7, 11) is 1.55. The molecule has 0 bridgehead atoms. The van der Waals surface area contributed by atoms with Crippen LogP contribution >= 0.6 is 15.9 Å². The highest BCUT2D eigenvalue weighted by atomic mass is 79.9. The summed E-state index contributed by atoms with van der Waals surface area (Å²) in [5, 5.41) is 3.73. The average molecular weight is 464 g/mol. The second kappa shape index (κ2) is 10.2. The molecule has 0 aliphatic carbocycles. The number of ether oxygens (including phenoxy) is 3. The van der Waals surface area contributed by atoms with Crippen molar-refractivity contribution in [1.29, 1.82) is 0 Å². The number of primary amides is 1. The van der Waals surface area contributed by atoms with Gasteiger partial charge in [0.1, 0.15) is 19.0 Å². The molecule has 0 radical (unpaired) electrons. The predicted molar refractivity (Wildman–Crippen MR) is 117 cm³/mol. The number of rotatable bonds is 8. The first-order valence-corrected chi connectivity index (χ1v) is 9.82. The van der Waals surface area contributed by atoms with Crippen LogP contribution in [0.2, 0.25) is 0 Å². The van der Waals surface area contributed by atoms with Crippen LogP contribution in [0.25, 0.3) is 0 Å². The van der Waals surface area contributed by atoms with Crippen molar-refractivity contribution >= 4 is 28.2 Å². The van der Waals surface area contributed by atoms with E-state index in [1.54, 1.807) is 19.2 Å². The Morgan fingerprint density at radius 2 is 1.83 bits per heavy atom. The van der Waals surface area contributed by atoms with Gasteiger partial charge in [-0.1, -0.05) is 32.9 Å². The smallest absolute Gasteiger partial charge is 0.332 e. The molecule has 0 aliphatic heterocycles. The van der Waals surface area contributed by atoms with Crippen molar-refractivity contribution in [3.05, 3.63) is 52.0 Å². The van der Waals surface area contributed by atoms with Crippen molar-refractivity contribution in [3.8, 4) is 17.2 Å². The Hall–Kier alpha value is -2.74. The largest absolute Gasteiger partial charge is 0.493 e. The summed E-state index contributed by atoms with van der Waals surface area (Å²) in [6.07, 6.45) is 1.45. The quantitative estimate of drug-likeness (QED) is 0.348. The molecule has 2 rings (SSSR count). The zero-order chi connectivity index (χ0) is 21.4. The number of hydrogen-bond acceptors (Lipinski definition) is 5. The lowest BCUT2D eigenvalue weighted by atomic mass is 9.87. The fraction of sp³-hybridized carbons (Fsp3) is 0.333. The Kier molecular flexibility index (Phi) is 7.90. The van der Waals surface area contributed by atoms with Gasteiger partial charge in [0.05, 0.1) is 17.8 Å². The van der Waals surface area contributed by atoms with E-state index in [1.165, 1.54) is 11.8 Å². The number of carbonyl (C=O) groups excluding carboxylic acids is 1. The second-order valence-corrected chi connectivity index (χ2v) is 8.09. The molecule has 8 heteroatoms. The molecule has 29 heavy (non-hydrogen) atoms. The zero-order valence-electron chi connectivity index (χ0n) is 17.0. The van der Waals surface area contributed by atoms with Gasteiger partial charge in [0, 0.05) is 0 Å². The Morgan fingerprint density at radius 1 is 1.17 bits per heavy atom. The number of halogens is 1. The van der Waals surface area contributed by atoms with Crippen molar-refractivity contribution in [2.75, 3.05) is 20.3 Å². The molecule has 0 spiro atoms. The molecule has 7 nitrogen and oxygen atoms in total. The molecule has 0 unspecified atom stereocenters. The number of benzene rings is 2. The standard InChI is InChI=1S/C21H26BrN3O4/c1-21(2,3)15-5-7-16(8-6-15)28-9-10-29-19-17(22)11-14(12-18(19)27-4)13-24-25-20(23)26/h5-8,11-13H,9-10H2,1-4H3,(H3,23,25,26)/b24-13-. The third-order valence-corrected chi connectivity index (χ3v) is 4.55. The van der Waals surface area contributed by atoms with E-state index < -0.39 is 6.03 Å². The van der Waals surface area contributed by atoms with E-state index in [2.05, 4.69) is 59.4 Å². The second-order valence-electron chi connectivity index (χ2n) is 7.24. The molecule has 0 aromatic heterocycles. The first-order chi connectivity index (χ1) is 13.7. The van der Waals surface area contributed by atoms with Gasteiger partial charge in [0.2, 0.25) is 0 Å². The highest BCUT2D eigenvalue weighted by Crippen LogP contribution is 2.36. The van der Waals surface area contributed by atoms with Gasteiger partial charge in [0.25, 0.3) is 0 Å². The van der Waals surface area contributed by atoms with Crippen LogP contribution in [-0.2, 0) is 5.41 Å². The molecule has 3 N–H and O–H groups in total. The SMILES string of the molecule is COc1cc(/C=N\NC(N)=O)cc(Br)c1OCCOc1ccc(C(C)(C)C)cc1. The third kappa shape index (κ3) is 6.98. The van der Waals surface area contributed by atoms with Gasteiger partial charge in [-0.25, -0.2) is 10.2 Å². The molecular weight excluding hydrogens is 438 g/mol. The Bertz CT molecular complexity index is 861. The van der Waals surface area contributed by atoms with Crippen molar-refractivity contribution in [2.24, 2.45) is 10.8 Å². The first kappa shape index (κ1) is 22.5. The summed E-state index contributed by atoms with van der Waals surface area (Å²) >= 11 is 3.46. The molecule has 0 atom stereocenters. The number of hydrogen-bond donors (Lipinski definition) is 2. The summed E-state index contributed by atoms with van der Waals surface area (Å²) in [5.41, 5.74) is 9.17. The van der Waals surface area contributed by atoms with Crippen LogP contribution in [0.3, 0.4) is 0 Å². The van der Waals surface area contributed by atoms with Crippen LogP contribution in [0.1, 0.15) is 31.9 Å². The minimum Gasteiger partial charge on any atom is -0.493 e. The maximum atomic E-state index is 10.7. The van der Waals surface area contributed by atoms with Crippen LogP contribution in [0.15, 0.2) is 46.0 Å². The minimum absolute atomic E-state index is 0.108. The van der Waals surface area contributed by atoms with Gasteiger partial charge in [-0.2, -0.15) is 5.10 Å². The molecule has 0 fully saturated rings. The lowest BCUT2D eigenvalue weighted by molar-refractivity contribution is 0.210. The van der Waals surface area contributed by atoms with Crippen molar-refractivity contribution in [2.45, 2.75) is 26.2 Å². The monoisotopic (exact) mass is 463 g/mol. The van der Waals surface area contributed by atoms with Crippen LogP contribution in [0.4, 0.5) is 4.79 Å². The zero-order valence-corrected chi connectivity index (χ0v) is 18.6. The molecule has 2 aromatic carbocycles. The highest BCUT2D eigenvalue weighted by molar-refractivity contribution is 9.10. The Balaban J connectivity index is 1.94. The average Bonchev–Trinajstić information content (AvgIpc) is 2.65. The van der Waals surface area contributed by atoms with Crippen LogP contribution in [-0.4, -0.2) is 32.6 Å². The van der Waals surface area contributed by atoms with Crippen molar-refractivity contribution in [1.82, 2.24) is 5.43 Å². The van der Waals surface area contributed by atoms with Gasteiger partial charge in [-0.15, -0.1) is 0 Å². The summed E-state index contributed by atoms with van der Waals surface area (Å²) in [6.45, 7) is 7.25. The fourth-order valence-electron chi connectivity index (χ4n) is 2.48. The summed E-state index contributed by atoms with van der Waals surface area (Å²) in [6, 6.07) is 10.9. The summed E-state index contributed by atoms with van der Waals surface area (Å²) in [5.74, 6) is 1.87. The van der Waals surface area contributed by atoms with E-state index in [-0.39, 0.29) is 5.41 Å². The maximum Gasteiger partial charge on any atom is 0.332 e. The molecule has 0 saturated carbocycles. The lowest BCUT2D eigenvalue weighted by Crippen LogP contribution is -2.24. The lowest BCUT2D eigenvalue weighted by Gasteiger charge is -2.19. The summed E-state index contributed by atoms with van der Waals surface area (Å²) < 4.78 is 17.7. The number of urea groups is 1. The number of methoxy groups -OCH3 is 1. The van der Waals surface area contributed by atoms with Crippen molar-refractivity contribution in [3.63, 3.8) is 0 Å². The van der Waals surface area contributed by atoms with E-state index in [4.69, 9.17) is 19.9 Å². The molecule has 0 heterocycles. The Labute approximate surface area is 179 Å². The molecular formula is C21H26BrN3O4. The molecule has 156 valence electrons. The van der Waals surface area contributed by atoms with Gasteiger partial charge >= 0.3 is 6.03 Å². The molecule has 0 saturated heterocycles. The number of nitrogens with two attached hydrogens (primary N) is 1. The van der Waals surface area contributed by atoms with Gasteiger partial charge in [-0.3, -0.25) is 0 Å². The van der Waals surface area contributed by atoms with E-state index in [9.17, 15) is 4.79 Å². The fourth-order valence-corrected chi connectivity index (χ4v) is 3.05. The molecule has 2 amide bonds. The first-order valence-electron chi connectivity index (χ1n) is 9.03. The minimum atomic E-state index is -0.736. The Morgan fingerprint density at radius 3 is 2.41 bits per heavy atom. The van der Waals surface area contributed by atoms with Crippen LogP contribution in [0.5, 0.6) is 17.2 Å². The number of carbonyl (C=O) groups is 1. The third-order valence-electron chi connectivity index (χ3n) is 3.96. The number of amides is 2. The number of nitrogens with one attached hydrogen (secondary N) is 1. The van der Waals surface area contributed by atoms with Gasteiger partial charge in [0.15, 0.2) is 11.5 Å². The van der Waals surface area contributed by atoms with Crippen molar-refractivity contribution < 1.29 is 19.0 Å².